The van der Waals surface area contributed by atoms with Gasteiger partial charge >= 0.3 is 0 Å². The molecule has 0 saturated carbocycles. The second-order valence-corrected chi connectivity index (χ2v) is 8.17. The lowest BCUT2D eigenvalue weighted by atomic mass is 10.1. The molecule has 0 spiro atoms. The van der Waals surface area contributed by atoms with E-state index >= 15 is 0 Å². The summed E-state index contributed by atoms with van der Waals surface area (Å²) in [5.41, 5.74) is 0.878. The third-order valence-corrected chi connectivity index (χ3v) is 6.02. The molecule has 3 rings (SSSR count). The maximum atomic E-state index is 12.0. The normalized spacial score (nSPS) is 11.9. The van der Waals surface area contributed by atoms with Crippen molar-refractivity contribution in [1.29, 1.82) is 0 Å². The molecule has 134 valence electrons. The second kappa shape index (κ2) is 9.57. The summed E-state index contributed by atoms with van der Waals surface area (Å²) in [7, 11) is 0. The molecule has 1 amide bonds. The van der Waals surface area contributed by atoms with Crippen LogP contribution in [0.1, 0.15) is 27.8 Å². The van der Waals surface area contributed by atoms with Crippen molar-refractivity contribution in [1.82, 2.24) is 5.32 Å². The van der Waals surface area contributed by atoms with Crippen LogP contribution in [-0.4, -0.2) is 16.8 Å². The molecule has 0 radical (unpaired) electrons. The van der Waals surface area contributed by atoms with Crippen molar-refractivity contribution in [2.45, 2.75) is 24.0 Å². The second-order valence-electron chi connectivity index (χ2n) is 5.81. The number of thioether (sulfide) groups is 1. The molecule has 3 nitrogen and oxygen atoms in total. The van der Waals surface area contributed by atoms with Crippen LogP contribution in [0.25, 0.3) is 0 Å². The number of hydrogen-bond acceptors (Lipinski definition) is 4. The van der Waals surface area contributed by atoms with Gasteiger partial charge in [0.15, 0.2) is 0 Å². The number of hydrogen-bond donors (Lipinski definition) is 2. The molecule has 2 aromatic carbocycles. The Morgan fingerprint density at radius 2 is 1.69 bits per heavy atom. The molecule has 3 aromatic rings. The number of benzene rings is 2. The van der Waals surface area contributed by atoms with Crippen LogP contribution in [-0.2, 0) is 11.3 Å². The van der Waals surface area contributed by atoms with Gasteiger partial charge in [-0.1, -0.05) is 48.5 Å². The quantitative estimate of drug-likeness (QED) is 0.558. The minimum absolute atomic E-state index is 0.0481. The first-order valence-electron chi connectivity index (χ1n) is 8.48. The molecule has 1 unspecified atom stereocenters. The van der Waals surface area contributed by atoms with E-state index in [2.05, 4.69) is 5.32 Å². The smallest absolute Gasteiger partial charge is 0.221 e. The summed E-state index contributed by atoms with van der Waals surface area (Å²) in [6, 6.07) is 23.6. The van der Waals surface area contributed by atoms with Crippen LogP contribution in [0, 0.1) is 0 Å². The Kier molecular flexibility index (Phi) is 6.89. The number of thiophene rings is 1. The molecule has 0 aliphatic heterocycles. The fourth-order valence-corrected chi connectivity index (χ4v) is 4.33. The van der Waals surface area contributed by atoms with Crippen molar-refractivity contribution in [2.24, 2.45) is 0 Å². The molecule has 1 aromatic heterocycles. The fourth-order valence-electron chi connectivity index (χ4n) is 2.49. The first kappa shape index (κ1) is 18.7. The third kappa shape index (κ3) is 5.46. The van der Waals surface area contributed by atoms with Gasteiger partial charge in [-0.3, -0.25) is 4.79 Å². The Balaban J connectivity index is 1.43. The van der Waals surface area contributed by atoms with Crippen molar-refractivity contribution in [3.05, 3.63) is 88.1 Å². The molecule has 0 saturated heterocycles. The van der Waals surface area contributed by atoms with Crippen molar-refractivity contribution in [2.75, 3.05) is 5.75 Å². The van der Waals surface area contributed by atoms with E-state index in [9.17, 15) is 9.90 Å². The molecule has 5 heteroatoms. The van der Waals surface area contributed by atoms with E-state index in [1.54, 1.807) is 11.8 Å². The van der Waals surface area contributed by atoms with E-state index in [1.807, 2.05) is 72.8 Å². The van der Waals surface area contributed by atoms with Crippen LogP contribution < -0.4 is 5.32 Å². The van der Waals surface area contributed by atoms with Gasteiger partial charge in [0.1, 0.15) is 6.10 Å². The van der Waals surface area contributed by atoms with Crippen LogP contribution in [0.15, 0.2) is 77.7 Å². The summed E-state index contributed by atoms with van der Waals surface area (Å²) in [4.78, 5) is 15.1. The molecule has 26 heavy (non-hydrogen) atoms. The van der Waals surface area contributed by atoms with E-state index in [1.165, 1.54) is 16.2 Å². The van der Waals surface area contributed by atoms with Gasteiger partial charge in [0.25, 0.3) is 0 Å². The molecule has 0 bridgehead atoms. The molecule has 1 heterocycles. The fraction of sp³-hybridized carbons (Fsp3) is 0.190. The minimum Gasteiger partial charge on any atom is -0.383 e. The summed E-state index contributed by atoms with van der Waals surface area (Å²) < 4.78 is 0. The summed E-state index contributed by atoms with van der Waals surface area (Å²) in [6.45, 7) is 0.501. The highest BCUT2D eigenvalue weighted by Gasteiger charge is 2.13. The highest BCUT2D eigenvalue weighted by molar-refractivity contribution is 7.99. The summed E-state index contributed by atoms with van der Waals surface area (Å²) in [5, 5.41) is 13.4. The van der Waals surface area contributed by atoms with Gasteiger partial charge in [0.05, 0.1) is 6.54 Å². The highest BCUT2D eigenvalue weighted by Crippen LogP contribution is 2.28. The van der Waals surface area contributed by atoms with Crippen molar-refractivity contribution in [3.8, 4) is 0 Å². The number of amides is 1. The van der Waals surface area contributed by atoms with Gasteiger partial charge in [0.2, 0.25) is 5.91 Å². The molecule has 0 aliphatic carbocycles. The van der Waals surface area contributed by atoms with Crippen LogP contribution in [0.4, 0.5) is 0 Å². The Hall–Kier alpha value is -2.08. The Morgan fingerprint density at radius 1 is 1.00 bits per heavy atom. The largest absolute Gasteiger partial charge is 0.383 e. The van der Waals surface area contributed by atoms with E-state index in [0.717, 1.165) is 21.1 Å². The lowest BCUT2D eigenvalue weighted by molar-refractivity contribution is -0.120. The van der Waals surface area contributed by atoms with Gasteiger partial charge in [-0.2, -0.15) is 0 Å². The first-order valence-corrected chi connectivity index (χ1v) is 10.3. The third-order valence-electron chi connectivity index (χ3n) is 3.87. The molecule has 1 atom stereocenters. The van der Waals surface area contributed by atoms with Crippen molar-refractivity contribution in [3.63, 3.8) is 0 Å². The number of aliphatic hydroxyl groups excluding tert-OH is 1. The van der Waals surface area contributed by atoms with Gasteiger partial charge < -0.3 is 10.4 Å². The summed E-state index contributed by atoms with van der Waals surface area (Å²) in [5.74, 6) is 0.810. The van der Waals surface area contributed by atoms with Crippen LogP contribution in [0.3, 0.4) is 0 Å². The molecule has 2 N–H and O–H groups in total. The first-order chi connectivity index (χ1) is 12.7. The topological polar surface area (TPSA) is 49.3 Å². The van der Waals surface area contributed by atoms with E-state index in [4.69, 9.17) is 0 Å². The lowest BCUT2D eigenvalue weighted by Crippen LogP contribution is -2.22. The van der Waals surface area contributed by atoms with E-state index in [0.29, 0.717) is 13.0 Å². The van der Waals surface area contributed by atoms with Gasteiger partial charge in [-0.05, 0) is 29.8 Å². The van der Waals surface area contributed by atoms with E-state index < -0.39 is 6.10 Å². The predicted octanol–water partition coefficient (Wildman–Crippen LogP) is 4.63. The lowest BCUT2D eigenvalue weighted by Gasteiger charge is -2.08. The zero-order valence-corrected chi connectivity index (χ0v) is 15.9. The van der Waals surface area contributed by atoms with Gasteiger partial charge in [0, 0.05) is 26.8 Å². The predicted molar refractivity (Wildman–Crippen MR) is 108 cm³/mol. The SMILES string of the molecule is O=C(CCSc1ccccc1)NCc1ccc(C(O)c2ccccc2)s1. The summed E-state index contributed by atoms with van der Waals surface area (Å²) >= 11 is 3.21. The zero-order chi connectivity index (χ0) is 18.2. The van der Waals surface area contributed by atoms with Gasteiger partial charge in [-0.25, -0.2) is 0 Å². The molecular weight excluding hydrogens is 362 g/mol. The number of carbonyl (C=O) groups is 1. The maximum absolute atomic E-state index is 12.0. The molecule has 0 aliphatic rings. The van der Waals surface area contributed by atoms with Gasteiger partial charge in [-0.15, -0.1) is 23.1 Å². The number of rotatable bonds is 8. The highest BCUT2D eigenvalue weighted by atomic mass is 32.2. The standard InChI is InChI=1S/C21H21NO2S2/c23-20(13-14-25-17-9-5-2-6-10-17)22-15-18-11-12-19(26-18)21(24)16-7-3-1-4-8-16/h1-12,21,24H,13-15H2,(H,22,23). The maximum Gasteiger partial charge on any atom is 0.221 e. The average molecular weight is 384 g/mol. The number of aliphatic hydroxyl groups is 1. The number of nitrogens with one attached hydrogen (secondary N) is 1. The Labute approximate surface area is 162 Å². The average Bonchev–Trinajstić information content (AvgIpc) is 3.16. The van der Waals surface area contributed by atoms with Crippen LogP contribution in [0.2, 0.25) is 0 Å². The zero-order valence-electron chi connectivity index (χ0n) is 14.3. The molecular formula is C21H21NO2S2. The van der Waals surface area contributed by atoms with Crippen LogP contribution >= 0.6 is 23.1 Å². The Bertz CT molecular complexity index is 818. The van der Waals surface area contributed by atoms with Crippen molar-refractivity contribution >= 4 is 29.0 Å². The number of carbonyl (C=O) groups excluding carboxylic acids is 1. The van der Waals surface area contributed by atoms with E-state index in [-0.39, 0.29) is 5.91 Å². The molecule has 0 fully saturated rings. The summed E-state index contributed by atoms with van der Waals surface area (Å²) in [6.07, 6.45) is -0.127. The van der Waals surface area contributed by atoms with Crippen LogP contribution in [0.5, 0.6) is 0 Å². The minimum atomic E-state index is -0.618. The Morgan fingerprint density at radius 3 is 2.42 bits per heavy atom. The monoisotopic (exact) mass is 383 g/mol. The van der Waals surface area contributed by atoms with Crippen molar-refractivity contribution < 1.29 is 9.90 Å².